The summed E-state index contributed by atoms with van der Waals surface area (Å²) in [4.78, 5) is 0. The van der Waals surface area contributed by atoms with Gasteiger partial charge in [0.25, 0.3) is 0 Å². The first-order valence-electron chi connectivity index (χ1n) is 6.09. The maximum absolute atomic E-state index is 8.88. The van der Waals surface area contributed by atoms with Gasteiger partial charge in [-0.2, -0.15) is 10.4 Å². The van der Waals surface area contributed by atoms with Gasteiger partial charge in [-0.05, 0) is 40.5 Å². The number of rotatable bonds is 4. The molecule has 1 N–H and O–H groups in total. The summed E-state index contributed by atoms with van der Waals surface area (Å²) < 4.78 is 2.65. The molecule has 2 rings (SSSR count). The summed E-state index contributed by atoms with van der Waals surface area (Å²) >= 11 is 3.39. The molecule has 0 aliphatic carbocycles. The molecule has 0 saturated heterocycles. The van der Waals surface area contributed by atoms with Gasteiger partial charge in [0.1, 0.15) is 6.07 Å². The zero-order valence-corrected chi connectivity index (χ0v) is 12.5. The van der Waals surface area contributed by atoms with E-state index in [2.05, 4.69) is 39.3 Å². The first-order chi connectivity index (χ1) is 9.13. The lowest BCUT2D eigenvalue weighted by Gasteiger charge is -2.07. The van der Waals surface area contributed by atoms with Crippen molar-refractivity contribution in [3.63, 3.8) is 0 Å². The number of hydrogen-bond acceptors (Lipinski definition) is 3. The summed E-state index contributed by atoms with van der Waals surface area (Å²) in [7, 11) is 1.93. The second-order valence-electron chi connectivity index (χ2n) is 4.29. The molecule has 2 aromatic rings. The van der Waals surface area contributed by atoms with Gasteiger partial charge in [0, 0.05) is 35.5 Å². The number of aromatic nitrogens is 2. The third kappa shape index (κ3) is 3.15. The van der Waals surface area contributed by atoms with E-state index in [4.69, 9.17) is 5.26 Å². The van der Waals surface area contributed by atoms with E-state index in [1.807, 2.05) is 30.1 Å². The molecule has 0 spiro atoms. The summed E-state index contributed by atoms with van der Waals surface area (Å²) in [6.07, 6.45) is 2.96. The third-order valence-electron chi connectivity index (χ3n) is 2.90. The third-order valence-corrected chi connectivity index (χ3v) is 3.56. The van der Waals surface area contributed by atoms with Crippen molar-refractivity contribution < 1.29 is 0 Å². The Morgan fingerprint density at radius 3 is 2.89 bits per heavy atom. The Morgan fingerprint density at radius 2 is 2.26 bits per heavy atom. The average molecular weight is 319 g/mol. The van der Waals surface area contributed by atoms with Crippen LogP contribution in [0.2, 0.25) is 0 Å². The first-order valence-corrected chi connectivity index (χ1v) is 6.88. The van der Waals surface area contributed by atoms with E-state index in [1.165, 1.54) is 5.56 Å². The fraction of sp³-hybridized carbons (Fsp3) is 0.286. The molecule has 0 atom stereocenters. The van der Waals surface area contributed by atoms with Crippen molar-refractivity contribution in [3.8, 4) is 6.07 Å². The van der Waals surface area contributed by atoms with Crippen LogP contribution in [0.3, 0.4) is 0 Å². The fourth-order valence-electron chi connectivity index (χ4n) is 1.94. The smallest absolute Gasteiger partial charge is 0.100 e. The molecule has 1 aromatic heterocycles. The van der Waals surface area contributed by atoms with Gasteiger partial charge in [0.2, 0.25) is 0 Å². The maximum atomic E-state index is 8.88. The van der Waals surface area contributed by atoms with Gasteiger partial charge in [-0.15, -0.1) is 0 Å². The van der Waals surface area contributed by atoms with Crippen LogP contribution < -0.4 is 5.32 Å². The van der Waals surface area contributed by atoms with E-state index in [0.717, 1.165) is 28.8 Å². The highest BCUT2D eigenvalue weighted by Crippen LogP contribution is 2.21. The van der Waals surface area contributed by atoms with E-state index in [9.17, 15) is 0 Å². The zero-order chi connectivity index (χ0) is 13.8. The molecule has 0 radical (unpaired) electrons. The Balaban J connectivity index is 2.10. The van der Waals surface area contributed by atoms with Crippen LogP contribution in [0.4, 0.5) is 5.69 Å². The van der Waals surface area contributed by atoms with Crippen LogP contribution in [0.15, 0.2) is 28.9 Å². The predicted octanol–water partition coefficient (Wildman–Crippen LogP) is 3.23. The molecule has 0 fully saturated rings. The lowest BCUT2D eigenvalue weighted by Crippen LogP contribution is -2.01. The Bertz CT molecular complexity index is 625. The Kier molecular flexibility index (Phi) is 4.23. The molecule has 5 heteroatoms. The van der Waals surface area contributed by atoms with Gasteiger partial charge < -0.3 is 5.32 Å². The van der Waals surface area contributed by atoms with Crippen LogP contribution in [0.1, 0.15) is 23.7 Å². The van der Waals surface area contributed by atoms with E-state index < -0.39 is 0 Å². The summed E-state index contributed by atoms with van der Waals surface area (Å²) in [5.41, 5.74) is 3.94. The first kappa shape index (κ1) is 13.6. The number of nitrogens with one attached hydrogen (secondary N) is 1. The number of nitrogens with zero attached hydrogens (tertiary/aromatic N) is 3. The topological polar surface area (TPSA) is 53.6 Å². The van der Waals surface area contributed by atoms with Gasteiger partial charge in [-0.3, -0.25) is 4.68 Å². The molecule has 98 valence electrons. The molecule has 0 aliphatic heterocycles. The van der Waals surface area contributed by atoms with Crippen molar-refractivity contribution in [3.05, 3.63) is 45.7 Å². The van der Waals surface area contributed by atoms with Crippen molar-refractivity contribution in [1.29, 1.82) is 5.26 Å². The van der Waals surface area contributed by atoms with Crippen LogP contribution in [0.5, 0.6) is 0 Å². The number of halogens is 1. The van der Waals surface area contributed by atoms with Gasteiger partial charge in [-0.25, -0.2) is 0 Å². The summed E-state index contributed by atoms with van der Waals surface area (Å²) in [6, 6.07) is 7.76. The van der Waals surface area contributed by atoms with Gasteiger partial charge in [0.15, 0.2) is 0 Å². The fourth-order valence-corrected chi connectivity index (χ4v) is 2.41. The molecule has 0 saturated carbocycles. The minimum atomic E-state index is 0.640. The monoisotopic (exact) mass is 318 g/mol. The van der Waals surface area contributed by atoms with Crippen molar-refractivity contribution >= 4 is 21.6 Å². The highest BCUT2D eigenvalue weighted by Gasteiger charge is 2.06. The molecule has 4 nitrogen and oxygen atoms in total. The van der Waals surface area contributed by atoms with Crippen LogP contribution in [0, 0.1) is 11.3 Å². The molecule has 1 aromatic carbocycles. The maximum Gasteiger partial charge on any atom is 0.100 e. The van der Waals surface area contributed by atoms with E-state index in [0.29, 0.717) is 5.56 Å². The normalized spacial score (nSPS) is 10.2. The quantitative estimate of drug-likeness (QED) is 0.941. The molecule has 19 heavy (non-hydrogen) atoms. The van der Waals surface area contributed by atoms with Crippen LogP contribution in [-0.4, -0.2) is 9.78 Å². The summed E-state index contributed by atoms with van der Waals surface area (Å²) in [5.74, 6) is 0. The van der Waals surface area contributed by atoms with Crippen molar-refractivity contribution in [2.75, 3.05) is 5.32 Å². The zero-order valence-electron chi connectivity index (χ0n) is 10.9. The lowest BCUT2D eigenvalue weighted by atomic mass is 10.2. The number of aryl methyl sites for hydroxylation is 2. The van der Waals surface area contributed by atoms with Gasteiger partial charge >= 0.3 is 0 Å². The Morgan fingerprint density at radius 1 is 1.47 bits per heavy atom. The summed E-state index contributed by atoms with van der Waals surface area (Å²) in [6.45, 7) is 2.83. The second-order valence-corrected chi connectivity index (χ2v) is 5.14. The molecule has 0 unspecified atom stereocenters. The number of nitriles is 1. The average Bonchev–Trinajstić information content (AvgIpc) is 2.77. The van der Waals surface area contributed by atoms with Crippen LogP contribution in [0.25, 0.3) is 0 Å². The molecular weight excluding hydrogens is 304 g/mol. The molecule has 0 amide bonds. The highest BCUT2D eigenvalue weighted by molar-refractivity contribution is 9.10. The van der Waals surface area contributed by atoms with Crippen LogP contribution >= 0.6 is 15.9 Å². The van der Waals surface area contributed by atoms with E-state index >= 15 is 0 Å². The molecule has 0 aliphatic rings. The Labute approximate surface area is 121 Å². The van der Waals surface area contributed by atoms with Crippen molar-refractivity contribution in [2.24, 2.45) is 7.05 Å². The molecular formula is C14H15BrN4. The van der Waals surface area contributed by atoms with Gasteiger partial charge in [0.05, 0.1) is 11.3 Å². The molecule has 1 heterocycles. The number of hydrogen-bond donors (Lipinski definition) is 1. The minimum absolute atomic E-state index is 0.640. The van der Waals surface area contributed by atoms with E-state index in [1.54, 1.807) is 6.07 Å². The largest absolute Gasteiger partial charge is 0.381 e. The predicted molar refractivity (Wildman–Crippen MR) is 78.8 cm³/mol. The highest BCUT2D eigenvalue weighted by atomic mass is 79.9. The Hall–Kier alpha value is -1.80. The van der Waals surface area contributed by atoms with Gasteiger partial charge in [-0.1, -0.05) is 6.92 Å². The van der Waals surface area contributed by atoms with Crippen molar-refractivity contribution in [1.82, 2.24) is 9.78 Å². The van der Waals surface area contributed by atoms with Crippen molar-refractivity contribution in [2.45, 2.75) is 19.9 Å². The number of benzene rings is 1. The second kappa shape index (κ2) is 5.89. The van der Waals surface area contributed by atoms with E-state index in [-0.39, 0.29) is 0 Å². The molecule has 0 bridgehead atoms. The lowest BCUT2D eigenvalue weighted by molar-refractivity contribution is 0.746. The van der Waals surface area contributed by atoms with Crippen LogP contribution in [-0.2, 0) is 20.0 Å². The minimum Gasteiger partial charge on any atom is -0.381 e. The standard InChI is InChI=1S/C14H15BrN4/c1-3-14-11(9-19(2)18-14)8-17-12-5-4-10(7-16)13(15)6-12/h4-6,9,17H,3,8H2,1-2H3. The SMILES string of the molecule is CCc1nn(C)cc1CNc1ccc(C#N)c(Br)c1. The summed E-state index contributed by atoms with van der Waals surface area (Å²) in [5, 5.41) is 16.6. The number of anilines is 1.